The fourth-order valence-electron chi connectivity index (χ4n) is 2.55. The van der Waals surface area contributed by atoms with Crippen molar-refractivity contribution in [3.05, 3.63) is 89.6 Å². The molecule has 148 valence electrons. The fraction of sp³-hybridized carbons (Fsp3) is 0.100. The highest BCUT2D eigenvalue weighted by Crippen LogP contribution is 2.17. The Balaban J connectivity index is 1.69. The van der Waals surface area contributed by atoms with Crippen molar-refractivity contribution in [2.45, 2.75) is 17.5 Å². The van der Waals surface area contributed by atoms with Crippen molar-refractivity contribution < 1.29 is 22.0 Å². The van der Waals surface area contributed by atoms with Crippen molar-refractivity contribution >= 4 is 15.9 Å². The van der Waals surface area contributed by atoms with E-state index in [-0.39, 0.29) is 22.6 Å². The zero-order valence-corrected chi connectivity index (χ0v) is 15.8. The van der Waals surface area contributed by atoms with Crippen LogP contribution in [0.3, 0.4) is 0 Å². The van der Waals surface area contributed by atoms with Crippen molar-refractivity contribution in [3.8, 4) is 6.07 Å². The normalized spacial score (nSPS) is 12.1. The average Bonchev–Trinajstić information content (AvgIpc) is 3.25. The summed E-state index contributed by atoms with van der Waals surface area (Å²) in [5, 5.41) is 11.7. The highest BCUT2D eigenvalue weighted by molar-refractivity contribution is 7.89. The second-order valence-electron chi connectivity index (χ2n) is 5.99. The van der Waals surface area contributed by atoms with Crippen molar-refractivity contribution in [2.24, 2.45) is 0 Å². The molecule has 2 N–H and O–H groups in total. The number of nitrogens with one attached hydrogen (secondary N) is 2. The van der Waals surface area contributed by atoms with E-state index >= 15 is 0 Å². The number of rotatable bonds is 7. The zero-order chi connectivity index (χ0) is 20.9. The van der Waals surface area contributed by atoms with Gasteiger partial charge in [0.05, 0.1) is 23.8 Å². The minimum atomic E-state index is -3.80. The second kappa shape index (κ2) is 8.68. The summed E-state index contributed by atoms with van der Waals surface area (Å²) in [5.74, 6) is -0.781. The molecule has 0 aliphatic carbocycles. The quantitative estimate of drug-likeness (QED) is 0.619. The number of nitrogens with zero attached hydrogens (tertiary/aromatic N) is 1. The topological polar surface area (TPSA) is 112 Å². The Morgan fingerprint density at radius 3 is 2.45 bits per heavy atom. The standard InChI is InChI=1S/C20H16FN3O4S/c21-18-6-2-1-5-17(18)19(12-22)24-20(25)14-7-9-16(10-8-14)29(26,27)23-13-15-4-3-11-28-15/h1-11,19,23H,13H2,(H,24,25). The van der Waals surface area contributed by atoms with E-state index in [1.54, 1.807) is 18.2 Å². The molecule has 3 rings (SSSR count). The minimum absolute atomic E-state index is 0.00986. The molecule has 1 unspecified atom stereocenters. The van der Waals surface area contributed by atoms with Crippen LogP contribution < -0.4 is 10.0 Å². The molecular formula is C20H16FN3O4S. The third-order valence-electron chi connectivity index (χ3n) is 4.06. The van der Waals surface area contributed by atoms with Gasteiger partial charge >= 0.3 is 0 Å². The first kappa shape index (κ1) is 20.3. The lowest BCUT2D eigenvalue weighted by atomic mass is 10.1. The molecule has 0 saturated carbocycles. The van der Waals surface area contributed by atoms with Crippen molar-refractivity contribution in [1.29, 1.82) is 5.26 Å². The molecule has 1 amide bonds. The predicted molar refractivity (Wildman–Crippen MR) is 101 cm³/mol. The van der Waals surface area contributed by atoms with Crippen LogP contribution in [0.2, 0.25) is 0 Å². The number of halogens is 1. The van der Waals surface area contributed by atoms with Crippen LogP contribution in [0.5, 0.6) is 0 Å². The maximum atomic E-state index is 13.9. The molecular weight excluding hydrogens is 397 g/mol. The van der Waals surface area contributed by atoms with E-state index in [9.17, 15) is 22.9 Å². The van der Waals surface area contributed by atoms with Crippen LogP contribution in [0.15, 0.2) is 76.2 Å². The van der Waals surface area contributed by atoms with Gasteiger partial charge in [-0.3, -0.25) is 4.79 Å². The van der Waals surface area contributed by atoms with Crippen LogP contribution >= 0.6 is 0 Å². The number of hydrogen-bond acceptors (Lipinski definition) is 5. The zero-order valence-electron chi connectivity index (χ0n) is 15.0. The van der Waals surface area contributed by atoms with Crippen LogP contribution in [-0.4, -0.2) is 14.3 Å². The van der Waals surface area contributed by atoms with E-state index in [0.29, 0.717) is 5.76 Å². The van der Waals surface area contributed by atoms with Gasteiger partial charge in [0.1, 0.15) is 17.6 Å². The van der Waals surface area contributed by atoms with E-state index < -0.39 is 27.8 Å². The molecule has 0 bridgehead atoms. The van der Waals surface area contributed by atoms with Crippen LogP contribution in [-0.2, 0) is 16.6 Å². The van der Waals surface area contributed by atoms with E-state index in [2.05, 4.69) is 10.0 Å². The number of carbonyl (C=O) groups is 1. The van der Waals surface area contributed by atoms with Gasteiger partial charge in [-0.25, -0.2) is 17.5 Å². The maximum Gasteiger partial charge on any atom is 0.252 e. The van der Waals surface area contributed by atoms with Gasteiger partial charge in [-0.2, -0.15) is 5.26 Å². The summed E-state index contributed by atoms with van der Waals surface area (Å²) in [7, 11) is -3.80. The maximum absolute atomic E-state index is 13.9. The van der Waals surface area contributed by atoms with E-state index in [1.807, 2.05) is 6.07 Å². The molecule has 29 heavy (non-hydrogen) atoms. The lowest BCUT2D eigenvalue weighted by Gasteiger charge is -2.13. The molecule has 0 aliphatic rings. The Morgan fingerprint density at radius 2 is 1.83 bits per heavy atom. The Morgan fingerprint density at radius 1 is 1.10 bits per heavy atom. The first-order valence-electron chi connectivity index (χ1n) is 8.48. The van der Waals surface area contributed by atoms with Crippen molar-refractivity contribution in [3.63, 3.8) is 0 Å². The van der Waals surface area contributed by atoms with Gasteiger partial charge in [0.2, 0.25) is 10.0 Å². The first-order chi connectivity index (χ1) is 13.9. The van der Waals surface area contributed by atoms with E-state index in [4.69, 9.17) is 4.42 Å². The summed E-state index contributed by atoms with van der Waals surface area (Å²) in [4.78, 5) is 12.3. The molecule has 0 fully saturated rings. The number of amides is 1. The van der Waals surface area contributed by atoms with Gasteiger partial charge in [0, 0.05) is 11.1 Å². The summed E-state index contributed by atoms with van der Waals surface area (Å²) in [5.41, 5.74) is 0.177. The monoisotopic (exact) mass is 413 g/mol. The van der Waals surface area contributed by atoms with E-state index in [0.717, 1.165) is 0 Å². The number of nitriles is 1. The molecule has 0 radical (unpaired) electrons. The van der Waals surface area contributed by atoms with Crippen LogP contribution in [0.1, 0.15) is 27.7 Å². The van der Waals surface area contributed by atoms with Gasteiger partial charge in [0.25, 0.3) is 5.91 Å². The van der Waals surface area contributed by atoms with Crippen LogP contribution in [0.25, 0.3) is 0 Å². The average molecular weight is 413 g/mol. The molecule has 0 aliphatic heterocycles. The Bertz CT molecular complexity index is 1140. The fourth-order valence-corrected chi connectivity index (χ4v) is 3.54. The molecule has 9 heteroatoms. The molecule has 0 spiro atoms. The number of sulfonamides is 1. The summed E-state index contributed by atoms with van der Waals surface area (Å²) >= 11 is 0. The molecule has 2 aromatic carbocycles. The number of carbonyl (C=O) groups excluding carboxylic acids is 1. The molecule has 1 atom stereocenters. The first-order valence-corrected chi connectivity index (χ1v) is 9.96. The third-order valence-corrected chi connectivity index (χ3v) is 5.48. The Kier molecular flexibility index (Phi) is 6.07. The molecule has 0 saturated heterocycles. The SMILES string of the molecule is N#CC(NC(=O)c1ccc(S(=O)(=O)NCc2ccco2)cc1)c1ccccc1F. The van der Waals surface area contributed by atoms with Crippen molar-refractivity contribution in [1.82, 2.24) is 10.0 Å². The van der Waals surface area contributed by atoms with Gasteiger partial charge in [-0.05, 0) is 42.5 Å². The lowest BCUT2D eigenvalue weighted by Crippen LogP contribution is -2.28. The molecule has 1 heterocycles. The summed E-state index contributed by atoms with van der Waals surface area (Å²) in [6, 6.07) is 14.7. The summed E-state index contributed by atoms with van der Waals surface area (Å²) in [6.07, 6.45) is 1.44. The highest BCUT2D eigenvalue weighted by Gasteiger charge is 2.19. The predicted octanol–water partition coefficient (Wildman–Crippen LogP) is 2.89. The molecule has 7 nitrogen and oxygen atoms in total. The Hall–Kier alpha value is -3.48. The number of furan rings is 1. The number of benzene rings is 2. The number of hydrogen-bond donors (Lipinski definition) is 2. The lowest BCUT2D eigenvalue weighted by molar-refractivity contribution is 0.0944. The molecule has 3 aromatic rings. The van der Waals surface area contributed by atoms with E-state index in [1.165, 1.54) is 48.7 Å². The molecule has 1 aromatic heterocycles. The van der Waals surface area contributed by atoms with Gasteiger partial charge in [-0.15, -0.1) is 0 Å². The highest BCUT2D eigenvalue weighted by atomic mass is 32.2. The smallest absolute Gasteiger partial charge is 0.252 e. The van der Waals surface area contributed by atoms with Gasteiger partial charge in [-0.1, -0.05) is 18.2 Å². The summed E-state index contributed by atoms with van der Waals surface area (Å²) < 4.78 is 46.0. The van der Waals surface area contributed by atoms with Crippen molar-refractivity contribution in [2.75, 3.05) is 0 Å². The minimum Gasteiger partial charge on any atom is -0.468 e. The Labute approximate surface area is 166 Å². The summed E-state index contributed by atoms with van der Waals surface area (Å²) in [6.45, 7) is -0.00986. The van der Waals surface area contributed by atoms with Gasteiger partial charge < -0.3 is 9.73 Å². The second-order valence-corrected chi connectivity index (χ2v) is 7.75. The van der Waals surface area contributed by atoms with Crippen LogP contribution in [0, 0.1) is 17.1 Å². The largest absolute Gasteiger partial charge is 0.468 e. The van der Waals surface area contributed by atoms with Gasteiger partial charge in [0.15, 0.2) is 0 Å². The third kappa shape index (κ3) is 4.87. The van der Waals surface area contributed by atoms with Crippen LogP contribution in [0.4, 0.5) is 4.39 Å².